The number of unbranched alkanes of at least 4 members (excludes halogenated alkanes) is 11. The molecule has 1 rings (SSSR count). The van der Waals surface area contributed by atoms with Crippen molar-refractivity contribution in [3.63, 3.8) is 0 Å². The Morgan fingerprint density at radius 2 is 0.983 bits per heavy atom. The van der Waals surface area contributed by atoms with E-state index in [0.29, 0.717) is 6.42 Å². The minimum absolute atomic E-state index is 0.259. The standard InChI is InChI=1S/C50H51NO9/c1-3-5-7-9-11-13-15-17-18-19-20-21-22-23-24-25-26-27-29-31-33-35-37-39-45(54)51-42(41-59-50-49(58)48(57)47(56)44(40-52)60-50)46(55)43(53)38-36-34-32-30-28-16-14-12-10-8-6-4-2/h42-44,46-50,52-53,55-58H,4,6,8,10,12,14,16,28,30,32,34,36,38,40-41H2,1-2H3,(H,51,54)/t42-,43+,44+,46-,47-,48-,49+,50-/m0/s1. The molecule has 1 fully saturated rings. The molecular weight excluding hydrogens is 759 g/mol. The van der Waals surface area contributed by atoms with Crippen molar-refractivity contribution in [2.75, 3.05) is 13.2 Å². The molecule has 0 saturated carbocycles. The first-order valence-corrected chi connectivity index (χ1v) is 19.8. The Kier molecular flexibility index (Phi) is 31.1. The van der Waals surface area contributed by atoms with Gasteiger partial charge in [-0.25, -0.2) is 0 Å². The molecule has 0 radical (unpaired) electrons. The van der Waals surface area contributed by atoms with E-state index in [1.165, 1.54) is 51.4 Å². The average Bonchev–Trinajstić information content (AvgIpc) is 3.25. The lowest BCUT2D eigenvalue weighted by Gasteiger charge is -2.40. The monoisotopic (exact) mass is 809 g/mol. The van der Waals surface area contributed by atoms with Crippen LogP contribution < -0.4 is 5.32 Å². The first kappa shape index (κ1) is 51.9. The van der Waals surface area contributed by atoms with Crippen molar-refractivity contribution in [1.82, 2.24) is 5.32 Å². The van der Waals surface area contributed by atoms with E-state index in [2.05, 4.69) is 154 Å². The van der Waals surface area contributed by atoms with Crippen molar-refractivity contribution in [2.24, 2.45) is 0 Å². The van der Waals surface area contributed by atoms with Gasteiger partial charge in [-0.1, -0.05) is 89.9 Å². The van der Waals surface area contributed by atoms with Crippen LogP contribution in [0.15, 0.2) is 0 Å². The molecule has 1 heterocycles. The molecular formula is C50H51NO9. The maximum Gasteiger partial charge on any atom is 0.297 e. The highest BCUT2D eigenvalue weighted by Gasteiger charge is 2.44. The second kappa shape index (κ2) is 36.0. The Balaban J connectivity index is 2.73. The van der Waals surface area contributed by atoms with Gasteiger partial charge in [0, 0.05) is 41.4 Å². The summed E-state index contributed by atoms with van der Waals surface area (Å²) in [6.45, 7) is 2.73. The van der Waals surface area contributed by atoms with Gasteiger partial charge in [-0.3, -0.25) is 4.79 Å². The summed E-state index contributed by atoms with van der Waals surface area (Å²) >= 11 is 0. The molecule has 0 aromatic rings. The molecule has 310 valence electrons. The maximum absolute atomic E-state index is 12.7. The zero-order chi connectivity index (χ0) is 43.9. The van der Waals surface area contributed by atoms with Crippen LogP contribution >= 0.6 is 0 Å². The molecule has 8 atom stereocenters. The molecule has 10 nitrogen and oxygen atoms in total. The lowest BCUT2D eigenvalue weighted by Crippen LogP contribution is -2.60. The Hall–Kier alpha value is -6.13. The van der Waals surface area contributed by atoms with Crippen molar-refractivity contribution >= 4 is 5.91 Å². The quantitative estimate of drug-likeness (QED) is 0.0706. The van der Waals surface area contributed by atoms with Crippen LogP contribution in [-0.4, -0.2) is 98.7 Å². The SMILES string of the molecule is CC#CC#CC#CC#CC#CC#CC#CC#CC#CC#CC#CC#CC(=O)N[C@@H](CO[C@H]1O[C@H](CO)[C@H](O)[C@H](O)[C@H]1O)[C@H](O)[C@H](O)CCCCCCCCCCCCCC. The molecule has 7 N–H and O–H groups in total. The highest BCUT2D eigenvalue weighted by Crippen LogP contribution is 2.23. The van der Waals surface area contributed by atoms with Crippen molar-refractivity contribution < 1.29 is 44.9 Å². The zero-order valence-corrected chi connectivity index (χ0v) is 34.1. The molecule has 0 aromatic carbocycles. The molecule has 0 aliphatic carbocycles. The first-order chi connectivity index (χ1) is 29.3. The number of amides is 1. The number of ether oxygens (including phenoxy) is 2. The van der Waals surface area contributed by atoms with Gasteiger partial charge in [0.05, 0.1) is 25.4 Å². The molecule has 10 heteroatoms. The third-order valence-electron chi connectivity index (χ3n) is 8.38. The predicted octanol–water partition coefficient (Wildman–Crippen LogP) is 1.16. The van der Waals surface area contributed by atoms with Gasteiger partial charge in [0.2, 0.25) is 0 Å². The van der Waals surface area contributed by atoms with Gasteiger partial charge in [-0.05, 0) is 108 Å². The largest absolute Gasteiger partial charge is 0.394 e. The number of rotatable bonds is 20. The molecule has 0 spiro atoms. The van der Waals surface area contributed by atoms with Crippen LogP contribution in [0.3, 0.4) is 0 Å². The molecule has 60 heavy (non-hydrogen) atoms. The van der Waals surface area contributed by atoms with Crippen molar-refractivity contribution in [3.8, 4) is 142 Å². The van der Waals surface area contributed by atoms with Gasteiger partial charge < -0.3 is 45.4 Å². The topological polar surface area (TPSA) is 169 Å². The molecule has 1 saturated heterocycles. The third-order valence-corrected chi connectivity index (χ3v) is 8.38. The maximum atomic E-state index is 12.7. The molecule has 1 aliphatic heterocycles. The van der Waals surface area contributed by atoms with Crippen LogP contribution in [0.5, 0.6) is 0 Å². The fraction of sp³-hybridized carbons (Fsp3) is 0.500. The van der Waals surface area contributed by atoms with E-state index < -0.39 is 68.1 Å². The molecule has 1 aliphatic rings. The smallest absolute Gasteiger partial charge is 0.297 e. The van der Waals surface area contributed by atoms with Crippen molar-refractivity contribution in [2.45, 2.75) is 146 Å². The minimum atomic E-state index is -1.70. The summed E-state index contributed by atoms with van der Waals surface area (Å²) in [6.07, 6.45) is 3.47. The molecule has 0 unspecified atom stereocenters. The summed E-state index contributed by atoms with van der Waals surface area (Å²) in [6, 6.07) is -1.23. The summed E-state index contributed by atoms with van der Waals surface area (Å²) in [7, 11) is 0. The molecule has 0 bridgehead atoms. The van der Waals surface area contributed by atoms with E-state index in [-0.39, 0.29) is 6.42 Å². The summed E-state index contributed by atoms with van der Waals surface area (Å²) in [5.74, 6) is 58.4. The van der Waals surface area contributed by atoms with E-state index in [1.807, 2.05) is 0 Å². The Bertz CT molecular complexity index is 2140. The number of aliphatic hydroxyl groups excluding tert-OH is 6. The minimum Gasteiger partial charge on any atom is -0.394 e. The van der Waals surface area contributed by atoms with Gasteiger partial charge in [-0.2, -0.15) is 0 Å². The lowest BCUT2D eigenvalue weighted by atomic mass is 9.98. The van der Waals surface area contributed by atoms with E-state index in [1.54, 1.807) is 6.92 Å². The predicted molar refractivity (Wildman–Crippen MR) is 228 cm³/mol. The van der Waals surface area contributed by atoms with Crippen LogP contribution in [0, 0.1) is 142 Å². The van der Waals surface area contributed by atoms with Crippen molar-refractivity contribution in [1.29, 1.82) is 0 Å². The van der Waals surface area contributed by atoms with Crippen LogP contribution in [-0.2, 0) is 14.3 Å². The summed E-state index contributed by atoms with van der Waals surface area (Å²) in [4.78, 5) is 12.7. The molecule has 0 aromatic heterocycles. The second-order valence-corrected chi connectivity index (χ2v) is 13.0. The van der Waals surface area contributed by atoms with Crippen molar-refractivity contribution in [3.05, 3.63) is 0 Å². The number of carbonyl (C=O) groups is 1. The first-order valence-electron chi connectivity index (χ1n) is 19.8. The van der Waals surface area contributed by atoms with E-state index in [9.17, 15) is 35.4 Å². The Labute approximate surface area is 356 Å². The number of hydrogen-bond acceptors (Lipinski definition) is 9. The second-order valence-electron chi connectivity index (χ2n) is 13.0. The normalized spacial score (nSPS) is 17.8. The van der Waals surface area contributed by atoms with Gasteiger partial charge in [0.1, 0.15) is 30.5 Å². The Morgan fingerprint density at radius 3 is 1.40 bits per heavy atom. The Morgan fingerprint density at radius 1 is 0.583 bits per heavy atom. The molecule has 1 amide bonds. The van der Waals surface area contributed by atoms with Crippen LogP contribution in [0.4, 0.5) is 0 Å². The van der Waals surface area contributed by atoms with Gasteiger partial charge >= 0.3 is 0 Å². The average molecular weight is 810 g/mol. The number of carbonyl (C=O) groups excluding carboxylic acids is 1. The van der Waals surface area contributed by atoms with Gasteiger partial charge in [0.15, 0.2) is 6.29 Å². The van der Waals surface area contributed by atoms with E-state index in [0.717, 1.165) is 19.3 Å². The highest BCUT2D eigenvalue weighted by molar-refractivity contribution is 5.94. The van der Waals surface area contributed by atoms with Crippen LogP contribution in [0.1, 0.15) is 97.3 Å². The fourth-order valence-electron chi connectivity index (χ4n) is 5.24. The summed E-state index contributed by atoms with van der Waals surface area (Å²) in [5, 5.41) is 64.3. The summed E-state index contributed by atoms with van der Waals surface area (Å²) in [5.41, 5.74) is 0. The summed E-state index contributed by atoms with van der Waals surface area (Å²) < 4.78 is 10.9. The van der Waals surface area contributed by atoms with Gasteiger partial charge in [-0.15, -0.1) is 0 Å². The van der Waals surface area contributed by atoms with E-state index >= 15 is 0 Å². The van der Waals surface area contributed by atoms with Crippen LogP contribution in [0.25, 0.3) is 0 Å². The number of aliphatic hydroxyl groups is 6. The third kappa shape index (κ3) is 26.0. The van der Waals surface area contributed by atoms with Crippen LogP contribution in [0.2, 0.25) is 0 Å². The van der Waals surface area contributed by atoms with Gasteiger partial charge in [0.25, 0.3) is 5.91 Å². The lowest BCUT2D eigenvalue weighted by molar-refractivity contribution is -0.303. The number of hydrogen-bond donors (Lipinski definition) is 7. The van der Waals surface area contributed by atoms with E-state index in [4.69, 9.17) is 9.47 Å². The fourth-order valence-corrected chi connectivity index (χ4v) is 5.24. The zero-order valence-electron chi connectivity index (χ0n) is 34.1. The number of nitrogens with one attached hydrogen (secondary N) is 1. The highest BCUT2D eigenvalue weighted by atomic mass is 16.7.